The van der Waals surface area contributed by atoms with E-state index in [0.717, 1.165) is 4.90 Å². The molecule has 19 heavy (non-hydrogen) atoms. The quantitative estimate of drug-likeness (QED) is 0.794. The molecule has 0 aromatic heterocycles. The summed E-state index contributed by atoms with van der Waals surface area (Å²) in [7, 11) is 1.46. The molecular formula is C12H20F3NO2S. The topological polar surface area (TPSA) is 29.5 Å². The largest absolute Gasteiger partial charge is 0.471 e. The Morgan fingerprint density at radius 2 is 1.74 bits per heavy atom. The van der Waals surface area contributed by atoms with Gasteiger partial charge < -0.3 is 9.64 Å². The molecule has 1 saturated heterocycles. The third-order valence-electron chi connectivity index (χ3n) is 3.02. The minimum Gasteiger partial charge on any atom is -0.373 e. The number of methoxy groups -OCH3 is 1. The average molecular weight is 299 g/mol. The minimum atomic E-state index is -4.81. The Balaban J connectivity index is 0.00000154. The molecule has 7 heteroatoms. The van der Waals surface area contributed by atoms with Crippen molar-refractivity contribution in [3.8, 4) is 0 Å². The van der Waals surface area contributed by atoms with Crippen molar-refractivity contribution in [2.75, 3.05) is 20.2 Å². The van der Waals surface area contributed by atoms with Crippen molar-refractivity contribution in [2.45, 2.75) is 38.5 Å². The Labute approximate surface area is 117 Å². The van der Waals surface area contributed by atoms with Gasteiger partial charge in [-0.3, -0.25) is 4.79 Å². The molecule has 0 spiro atoms. The lowest BCUT2D eigenvalue weighted by molar-refractivity contribution is -0.188. The van der Waals surface area contributed by atoms with Crippen LogP contribution in [0.1, 0.15) is 26.7 Å². The Morgan fingerprint density at radius 1 is 1.32 bits per heavy atom. The summed E-state index contributed by atoms with van der Waals surface area (Å²) in [5, 5.41) is 0. The number of alkyl halides is 3. The first-order valence-corrected chi connectivity index (χ1v) is 6.47. The standard InChI is InChI=1S/C10H14F3NO2S.C2H6/c1-7(17)9(16-2)3-5-14(6-4-9)8(15)10(11,12)13;1-2/h17H,1,3-6H2,2H3;1-2H3. The summed E-state index contributed by atoms with van der Waals surface area (Å²) < 4.78 is 41.9. The molecule has 0 atom stereocenters. The zero-order valence-corrected chi connectivity index (χ0v) is 12.3. The molecule has 0 radical (unpaired) electrons. The zero-order chi connectivity index (χ0) is 15.3. The lowest BCUT2D eigenvalue weighted by Gasteiger charge is -2.40. The van der Waals surface area contributed by atoms with Gasteiger partial charge in [-0.15, -0.1) is 12.6 Å². The van der Waals surface area contributed by atoms with Crippen molar-refractivity contribution in [1.29, 1.82) is 0 Å². The van der Waals surface area contributed by atoms with Gasteiger partial charge in [0.15, 0.2) is 0 Å². The molecule has 1 aliphatic rings. The van der Waals surface area contributed by atoms with Crippen molar-refractivity contribution in [2.24, 2.45) is 0 Å². The fraction of sp³-hybridized carbons (Fsp3) is 0.750. The van der Waals surface area contributed by atoms with E-state index in [-0.39, 0.29) is 25.9 Å². The third-order valence-corrected chi connectivity index (χ3v) is 3.43. The van der Waals surface area contributed by atoms with Gasteiger partial charge in [0, 0.05) is 25.1 Å². The highest BCUT2D eigenvalue weighted by Crippen LogP contribution is 2.35. The predicted octanol–water partition coefficient (Wildman–Crippen LogP) is 3.03. The minimum absolute atomic E-state index is 0.00817. The van der Waals surface area contributed by atoms with Crippen LogP contribution in [0.5, 0.6) is 0 Å². The first-order valence-electron chi connectivity index (χ1n) is 6.02. The summed E-state index contributed by atoms with van der Waals surface area (Å²) in [6.07, 6.45) is -4.27. The van der Waals surface area contributed by atoms with Crippen molar-refractivity contribution < 1.29 is 22.7 Å². The Bertz CT molecular complexity index is 323. The lowest BCUT2D eigenvalue weighted by Crippen LogP contribution is -2.51. The number of amides is 1. The number of hydrogen-bond donors (Lipinski definition) is 1. The van der Waals surface area contributed by atoms with E-state index in [0.29, 0.717) is 4.91 Å². The molecule has 3 nitrogen and oxygen atoms in total. The summed E-state index contributed by atoms with van der Waals surface area (Å²) >= 11 is 4.10. The maximum atomic E-state index is 12.2. The molecule has 0 saturated carbocycles. The molecule has 1 heterocycles. The van der Waals surface area contributed by atoms with Crippen LogP contribution in [-0.4, -0.2) is 42.8 Å². The van der Waals surface area contributed by atoms with E-state index in [1.807, 2.05) is 13.8 Å². The summed E-state index contributed by atoms with van der Waals surface area (Å²) in [5.74, 6) is -1.80. The molecule has 1 fully saturated rings. The normalized spacial score (nSPS) is 18.4. The van der Waals surface area contributed by atoms with Crippen LogP contribution in [-0.2, 0) is 9.53 Å². The second-order valence-electron chi connectivity index (χ2n) is 3.94. The van der Waals surface area contributed by atoms with Gasteiger partial charge in [-0.2, -0.15) is 13.2 Å². The van der Waals surface area contributed by atoms with Crippen LogP contribution in [0.25, 0.3) is 0 Å². The van der Waals surface area contributed by atoms with Crippen molar-refractivity contribution >= 4 is 18.5 Å². The monoisotopic (exact) mass is 299 g/mol. The van der Waals surface area contributed by atoms with Gasteiger partial charge in [0.1, 0.15) is 5.60 Å². The molecule has 0 aliphatic carbocycles. The predicted molar refractivity (Wildman–Crippen MR) is 71.1 cm³/mol. The van der Waals surface area contributed by atoms with Crippen LogP contribution in [0.2, 0.25) is 0 Å². The Kier molecular flexibility index (Phi) is 6.93. The fourth-order valence-electron chi connectivity index (χ4n) is 1.86. The number of rotatable bonds is 2. The first kappa shape index (κ1) is 18.3. The fourth-order valence-corrected chi connectivity index (χ4v) is 2.18. The van der Waals surface area contributed by atoms with Gasteiger partial charge in [0.25, 0.3) is 0 Å². The summed E-state index contributed by atoms with van der Waals surface area (Å²) in [4.78, 5) is 12.3. The van der Waals surface area contributed by atoms with E-state index in [2.05, 4.69) is 19.2 Å². The number of carbonyl (C=O) groups is 1. The third kappa shape index (κ3) is 4.42. The van der Waals surface area contributed by atoms with Gasteiger partial charge >= 0.3 is 12.1 Å². The molecule has 1 amide bonds. The van der Waals surface area contributed by atoms with Crippen molar-refractivity contribution in [3.63, 3.8) is 0 Å². The molecule has 0 unspecified atom stereocenters. The van der Waals surface area contributed by atoms with Crippen molar-refractivity contribution in [1.82, 2.24) is 4.90 Å². The van der Waals surface area contributed by atoms with E-state index in [9.17, 15) is 18.0 Å². The number of carbonyl (C=O) groups excluding carboxylic acids is 1. The molecule has 0 aromatic rings. The summed E-state index contributed by atoms with van der Waals surface area (Å²) in [5.41, 5.74) is -0.731. The summed E-state index contributed by atoms with van der Waals surface area (Å²) in [6.45, 7) is 7.64. The average Bonchev–Trinajstić information content (AvgIpc) is 2.39. The summed E-state index contributed by atoms with van der Waals surface area (Å²) in [6, 6.07) is 0. The van der Waals surface area contributed by atoms with Gasteiger partial charge in [-0.1, -0.05) is 20.4 Å². The van der Waals surface area contributed by atoms with E-state index >= 15 is 0 Å². The van der Waals surface area contributed by atoms with Gasteiger partial charge in [-0.25, -0.2) is 0 Å². The number of nitrogens with zero attached hydrogens (tertiary/aromatic N) is 1. The number of halogens is 3. The van der Waals surface area contributed by atoms with Gasteiger partial charge in [0.05, 0.1) is 0 Å². The lowest BCUT2D eigenvalue weighted by atomic mass is 9.91. The second-order valence-corrected chi connectivity index (χ2v) is 4.47. The number of thiol groups is 1. The van der Waals surface area contributed by atoms with E-state index in [1.54, 1.807) is 0 Å². The SMILES string of the molecule is C=C(S)C1(OC)CCN(C(=O)C(F)(F)F)CC1.CC. The van der Waals surface area contributed by atoms with Crippen LogP contribution in [0.15, 0.2) is 11.5 Å². The van der Waals surface area contributed by atoms with Crippen molar-refractivity contribution in [3.05, 3.63) is 11.5 Å². The molecule has 0 bridgehead atoms. The maximum Gasteiger partial charge on any atom is 0.471 e. The molecule has 0 N–H and O–H groups in total. The van der Waals surface area contributed by atoms with Crippen LogP contribution >= 0.6 is 12.6 Å². The zero-order valence-electron chi connectivity index (χ0n) is 11.4. The molecule has 112 valence electrons. The number of likely N-dealkylation sites (tertiary alicyclic amines) is 1. The number of ether oxygens (including phenoxy) is 1. The van der Waals surface area contributed by atoms with Crippen LogP contribution < -0.4 is 0 Å². The molecule has 1 aliphatic heterocycles. The molecular weight excluding hydrogens is 279 g/mol. The smallest absolute Gasteiger partial charge is 0.373 e. The second kappa shape index (κ2) is 7.19. The highest BCUT2D eigenvalue weighted by atomic mass is 32.1. The van der Waals surface area contributed by atoms with E-state index < -0.39 is 17.7 Å². The van der Waals surface area contributed by atoms with E-state index in [1.165, 1.54) is 7.11 Å². The van der Waals surface area contributed by atoms with Crippen LogP contribution in [0.4, 0.5) is 13.2 Å². The number of hydrogen-bond acceptors (Lipinski definition) is 3. The van der Waals surface area contributed by atoms with Gasteiger partial charge in [0.2, 0.25) is 0 Å². The van der Waals surface area contributed by atoms with Crippen LogP contribution in [0.3, 0.4) is 0 Å². The highest BCUT2D eigenvalue weighted by Gasteiger charge is 2.46. The van der Waals surface area contributed by atoms with Crippen LogP contribution in [0, 0.1) is 0 Å². The van der Waals surface area contributed by atoms with Gasteiger partial charge in [-0.05, 0) is 12.8 Å². The Morgan fingerprint density at radius 3 is 2.00 bits per heavy atom. The highest BCUT2D eigenvalue weighted by molar-refractivity contribution is 7.84. The Hall–Kier alpha value is -0.690. The molecule has 1 rings (SSSR count). The first-order chi connectivity index (χ1) is 8.73. The molecule has 0 aromatic carbocycles. The van der Waals surface area contributed by atoms with E-state index in [4.69, 9.17) is 4.74 Å². The maximum absolute atomic E-state index is 12.2. The number of piperidine rings is 1.